The number of nitrogens with zero attached hydrogens (tertiary/aromatic N) is 2. The van der Waals surface area contributed by atoms with E-state index < -0.39 is 5.60 Å². The van der Waals surface area contributed by atoms with E-state index in [4.69, 9.17) is 9.47 Å². The highest BCUT2D eigenvalue weighted by Crippen LogP contribution is 2.31. The van der Waals surface area contributed by atoms with Crippen molar-refractivity contribution in [2.45, 2.75) is 84.5 Å². The summed E-state index contributed by atoms with van der Waals surface area (Å²) in [5, 5.41) is 0. The number of carbonyl (C=O) groups excluding carboxylic acids is 1. The summed E-state index contributed by atoms with van der Waals surface area (Å²) in [6.07, 6.45) is 12.3. The number of ether oxygens (including phenoxy) is 2. The molecule has 2 rings (SSSR count). The maximum absolute atomic E-state index is 11.8. The Hall–Kier alpha value is -1.36. The van der Waals surface area contributed by atoms with Crippen LogP contribution >= 0.6 is 0 Å². The molecule has 25 heavy (non-hydrogen) atoms. The molecular weight excluding hydrogens is 316 g/mol. The van der Waals surface area contributed by atoms with E-state index in [1.807, 2.05) is 17.7 Å². The number of hydrogen-bond donors (Lipinski definition) is 0. The van der Waals surface area contributed by atoms with E-state index >= 15 is 0 Å². The van der Waals surface area contributed by atoms with Gasteiger partial charge in [0.2, 0.25) is 0 Å². The summed E-state index contributed by atoms with van der Waals surface area (Å²) >= 11 is 0. The van der Waals surface area contributed by atoms with Crippen molar-refractivity contribution in [2.75, 3.05) is 6.61 Å². The van der Waals surface area contributed by atoms with Gasteiger partial charge in [0.25, 0.3) is 0 Å². The van der Waals surface area contributed by atoms with Crippen LogP contribution in [0.2, 0.25) is 0 Å². The SMILES string of the molecule is CC(C)CCCC(C)CCCC1(C)OC(=O)COC1Cn1ccnc1. The molecule has 1 aliphatic heterocycles. The number of hydrogen-bond acceptors (Lipinski definition) is 4. The lowest BCUT2D eigenvalue weighted by Crippen LogP contribution is -2.52. The maximum atomic E-state index is 11.8. The fraction of sp³-hybridized carbons (Fsp3) is 0.800. The molecule has 0 aliphatic carbocycles. The third-order valence-electron chi connectivity index (χ3n) is 5.21. The molecule has 5 nitrogen and oxygen atoms in total. The van der Waals surface area contributed by atoms with Gasteiger partial charge in [-0.05, 0) is 31.6 Å². The van der Waals surface area contributed by atoms with Crippen LogP contribution in [0.25, 0.3) is 0 Å². The first-order chi connectivity index (χ1) is 11.9. The predicted molar refractivity (Wildman–Crippen MR) is 98.2 cm³/mol. The Morgan fingerprint density at radius 2 is 2.04 bits per heavy atom. The predicted octanol–water partition coefficient (Wildman–Crippen LogP) is 4.22. The molecule has 2 heterocycles. The van der Waals surface area contributed by atoms with Gasteiger partial charge >= 0.3 is 5.97 Å². The third kappa shape index (κ3) is 6.46. The summed E-state index contributed by atoms with van der Waals surface area (Å²) in [6, 6.07) is 0. The highest BCUT2D eigenvalue weighted by Gasteiger charge is 2.42. The van der Waals surface area contributed by atoms with Gasteiger partial charge in [-0.1, -0.05) is 46.5 Å². The van der Waals surface area contributed by atoms with Crippen molar-refractivity contribution >= 4 is 5.97 Å². The fourth-order valence-electron chi connectivity index (χ4n) is 3.56. The second-order valence-electron chi connectivity index (χ2n) is 8.17. The van der Waals surface area contributed by atoms with Gasteiger partial charge in [-0.15, -0.1) is 0 Å². The van der Waals surface area contributed by atoms with Gasteiger partial charge in [0.15, 0.2) is 0 Å². The van der Waals surface area contributed by atoms with Crippen LogP contribution in [-0.4, -0.2) is 33.8 Å². The van der Waals surface area contributed by atoms with Crippen molar-refractivity contribution < 1.29 is 14.3 Å². The van der Waals surface area contributed by atoms with Crippen LogP contribution in [0.3, 0.4) is 0 Å². The zero-order valence-electron chi connectivity index (χ0n) is 16.2. The van der Waals surface area contributed by atoms with Gasteiger partial charge in [0.05, 0.1) is 12.9 Å². The largest absolute Gasteiger partial charge is 0.455 e. The van der Waals surface area contributed by atoms with E-state index in [1.54, 1.807) is 12.5 Å². The van der Waals surface area contributed by atoms with Crippen molar-refractivity contribution in [3.63, 3.8) is 0 Å². The normalized spacial score (nSPS) is 25.2. The molecule has 142 valence electrons. The molecule has 1 fully saturated rings. The fourth-order valence-corrected chi connectivity index (χ4v) is 3.56. The number of aromatic nitrogens is 2. The van der Waals surface area contributed by atoms with Crippen molar-refractivity contribution in [3.8, 4) is 0 Å². The third-order valence-corrected chi connectivity index (χ3v) is 5.21. The van der Waals surface area contributed by atoms with E-state index in [9.17, 15) is 4.79 Å². The molecule has 0 radical (unpaired) electrons. The summed E-state index contributed by atoms with van der Waals surface area (Å²) < 4.78 is 13.5. The van der Waals surface area contributed by atoms with Crippen LogP contribution in [0.5, 0.6) is 0 Å². The lowest BCUT2D eigenvalue weighted by molar-refractivity contribution is -0.210. The second-order valence-corrected chi connectivity index (χ2v) is 8.17. The Labute approximate surface area is 152 Å². The molecule has 0 amide bonds. The van der Waals surface area contributed by atoms with Gasteiger partial charge in [0, 0.05) is 12.4 Å². The molecular formula is C20H34N2O3. The van der Waals surface area contributed by atoms with E-state index in [1.165, 1.54) is 25.7 Å². The Kier molecular flexibility index (Phi) is 7.48. The average molecular weight is 351 g/mol. The molecule has 0 bridgehead atoms. The summed E-state index contributed by atoms with van der Waals surface area (Å²) in [5.41, 5.74) is -0.558. The van der Waals surface area contributed by atoms with Crippen LogP contribution < -0.4 is 0 Å². The Bertz CT molecular complexity index is 515. The second kappa shape index (κ2) is 9.37. The molecule has 0 saturated carbocycles. The minimum absolute atomic E-state index is 0.0422. The van der Waals surface area contributed by atoms with Crippen molar-refractivity contribution in [1.29, 1.82) is 0 Å². The van der Waals surface area contributed by atoms with Crippen molar-refractivity contribution in [3.05, 3.63) is 18.7 Å². The quantitative estimate of drug-likeness (QED) is 0.593. The van der Waals surface area contributed by atoms with E-state index in [2.05, 4.69) is 25.8 Å². The molecule has 1 aromatic rings. The molecule has 1 aliphatic rings. The van der Waals surface area contributed by atoms with Crippen LogP contribution in [0, 0.1) is 11.8 Å². The summed E-state index contributed by atoms with van der Waals surface area (Å²) in [6.45, 7) is 9.60. The number of esters is 1. The highest BCUT2D eigenvalue weighted by molar-refractivity contribution is 5.72. The molecule has 3 atom stereocenters. The van der Waals surface area contributed by atoms with Gasteiger partial charge in [0.1, 0.15) is 18.3 Å². The Morgan fingerprint density at radius 3 is 2.72 bits per heavy atom. The van der Waals surface area contributed by atoms with Gasteiger partial charge < -0.3 is 14.0 Å². The van der Waals surface area contributed by atoms with E-state index in [-0.39, 0.29) is 18.7 Å². The number of carbonyl (C=O) groups is 1. The van der Waals surface area contributed by atoms with E-state index in [0.717, 1.165) is 24.7 Å². The maximum Gasteiger partial charge on any atom is 0.332 e. The van der Waals surface area contributed by atoms with Crippen molar-refractivity contribution in [1.82, 2.24) is 9.55 Å². The lowest BCUT2D eigenvalue weighted by Gasteiger charge is -2.40. The number of rotatable bonds is 10. The number of cyclic esters (lactones) is 1. The first kappa shape index (κ1) is 20.0. The topological polar surface area (TPSA) is 53.4 Å². The minimum atomic E-state index is -0.558. The average Bonchev–Trinajstić information content (AvgIpc) is 3.03. The molecule has 5 heteroatoms. The lowest BCUT2D eigenvalue weighted by atomic mass is 9.88. The molecule has 1 aromatic heterocycles. The summed E-state index contributed by atoms with van der Waals surface area (Å²) in [7, 11) is 0. The van der Waals surface area contributed by atoms with Gasteiger partial charge in [-0.25, -0.2) is 9.78 Å². The molecule has 0 spiro atoms. The smallest absolute Gasteiger partial charge is 0.332 e. The minimum Gasteiger partial charge on any atom is -0.455 e. The summed E-state index contributed by atoms with van der Waals surface area (Å²) in [4.78, 5) is 15.8. The van der Waals surface area contributed by atoms with Gasteiger partial charge in [-0.2, -0.15) is 0 Å². The van der Waals surface area contributed by atoms with Crippen LogP contribution in [-0.2, 0) is 20.8 Å². The number of imidazole rings is 1. The standard InChI is InChI=1S/C20H34N2O3/c1-16(2)7-5-8-17(3)9-6-10-20(4)18(24-14-19(23)25-20)13-22-12-11-21-15-22/h11-12,15-18H,5-10,13-14H2,1-4H3. The first-order valence-corrected chi connectivity index (χ1v) is 9.68. The summed E-state index contributed by atoms with van der Waals surface area (Å²) in [5.74, 6) is 1.25. The van der Waals surface area contributed by atoms with Crippen LogP contribution in [0.4, 0.5) is 0 Å². The molecule has 3 unspecified atom stereocenters. The first-order valence-electron chi connectivity index (χ1n) is 9.68. The Balaban J connectivity index is 1.82. The van der Waals surface area contributed by atoms with E-state index in [0.29, 0.717) is 6.54 Å². The van der Waals surface area contributed by atoms with Gasteiger partial charge in [-0.3, -0.25) is 0 Å². The Morgan fingerprint density at radius 1 is 1.28 bits per heavy atom. The van der Waals surface area contributed by atoms with Crippen LogP contribution in [0.1, 0.15) is 66.2 Å². The molecule has 0 aromatic carbocycles. The van der Waals surface area contributed by atoms with Crippen LogP contribution in [0.15, 0.2) is 18.7 Å². The van der Waals surface area contributed by atoms with Crippen molar-refractivity contribution in [2.24, 2.45) is 11.8 Å². The zero-order valence-corrected chi connectivity index (χ0v) is 16.2. The highest BCUT2D eigenvalue weighted by atomic mass is 16.6. The monoisotopic (exact) mass is 350 g/mol. The zero-order chi connectivity index (χ0) is 18.3. The molecule has 0 N–H and O–H groups in total. The molecule has 1 saturated heterocycles.